The van der Waals surface area contributed by atoms with Gasteiger partial charge in [0.05, 0.1) is 13.2 Å². The molecule has 2 heterocycles. The van der Waals surface area contributed by atoms with Crippen molar-refractivity contribution in [2.45, 2.75) is 31.6 Å². The lowest BCUT2D eigenvalue weighted by Crippen LogP contribution is -2.36. The highest BCUT2D eigenvalue weighted by Crippen LogP contribution is 2.20. The monoisotopic (exact) mass is 277 g/mol. The Hall–Kier alpha value is -1.10. The first-order valence-corrected chi connectivity index (χ1v) is 7.57. The molecule has 2 saturated heterocycles. The molecule has 1 aromatic rings. The van der Waals surface area contributed by atoms with E-state index in [1.165, 1.54) is 12.8 Å². The number of benzene rings is 1. The van der Waals surface area contributed by atoms with Crippen molar-refractivity contribution in [2.75, 3.05) is 32.9 Å². The molecular weight excluding hydrogens is 254 g/mol. The molecule has 4 nitrogen and oxygen atoms in total. The third-order valence-electron chi connectivity index (χ3n) is 4.03. The standard InChI is InChI=1S/C16H23NO3/c1-2-6-15(7-3-1)20-13-14-5-4-9-17(14)10-8-16-18-11-12-19-16/h1-3,6-7,14,16H,4-5,8-13H2. The van der Waals surface area contributed by atoms with Gasteiger partial charge < -0.3 is 14.2 Å². The zero-order valence-electron chi connectivity index (χ0n) is 11.9. The zero-order valence-corrected chi connectivity index (χ0v) is 11.9. The van der Waals surface area contributed by atoms with Crippen molar-refractivity contribution in [2.24, 2.45) is 0 Å². The molecule has 2 aliphatic rings. The number of rotatable bonds is 6. The number of ether oxygens (including phenoxy) is 3. The quantitative estimate of drug-likeness (QED) is 0.798. The van der Waals surface area contributed by atoms with Crippen LogP contribution in [0.5, 0.6) is 5.75 Å². The Kier molecular flexibility index (Phi) is 4.90. The average Bonchev–Trinajstić information content (AvgIpc) is 3.15. The normalized spacial score (nSPS) is 24.3. The Labute approximate surface area is 120 Å². The van der Waals surface area contributed by atoms with Gasteiger partial charge in [-0.15, -0.1) is 0 Å². The fraction of sp³-hybridized carbons (Fsp3) is 0.625. The molecule has 4 heteroatoms. The van der Waals surface area contributed by atoms with Gasteiger partial charge >= 0.3 is 0 Å². The summed E-state index contributed by atoms with van der Waals surface area (Å²) in [6, 6.07) is 10.6. The number of likely N-dealkylation sites (tertiary alicyclic amines) is 1. The zero-order chi connectivity index (χ0) is 13.6. The fourth-order valence-electron chi connectivity index (χ4n) is 2.93. The summed E-state index contributed by atoms with van der Waals surface area (Å²) in [5.41, 5.74) is 0. The van der Waals surface area contributed by atoms with Crippen LogP contribution in [0.15, 0.2) is 30.3 Å². The third kappa shape index (κ3) is 3.72. The van der Waals surface area contributed by atoms with Crippen LogP contribution in [0.3, 0.4) is 0 Å². The van der Waals surface area contributed by atoms with Crippen molar-refractivity contribution in [3.63, 3.8) is 0 Å². The summed E-state index contributed by atoms with van der Waals surface area (Å²) < 4.78 is 16.9. The molecule has 0 saturated carbocycles. The van der Waals surface area contributed by atoms with E-state index in [0.717, 1.165) is 45.1 Å². The molecule has 20 heavy (non-hydrogen) atoms. The van der Waals surface area contributed by atoms with E-state index < -0.39 is 0 Å². The van der Waals surface area contributed by atoms with Crippen molar-refractivity contribution in [1.82, 2.24) is 4.90 Å². The molecule has 3 rings (SSSR count). The molecule has 0 spiro atoms. The van der Waals surface area contributed by atoms with Crippen LogP contribution < -0.4 is 4.74 Å². The second-order valence-corrected chi connectivity index (χ2v) is 5.42. The first-order valence-electron chi connectivity index (χ1n) is 7.57. The van der Waals surface area contributed by atoms with E-state index in [1.54, 1.807) is 0 Å². The van der Waals surface area contributed by atoms with E-state index in [4.69, 9.17) is 14.2 Å². The molecule has 0 radical (unpaired) electrons. The maximum absolute atomic E-state index is 5.89. The predicted octanol–water partition coefficient (Wildman–Crippen LogP) is 2.29. The van der Waals surface area contributed by atoms with Gasteiger partial charge in [0.25, 0.3) is 0 Å². The van der Waals surface area contributed by atoms with Crippen molar-refractivity contribution in [3.05, 3.63) is 30.3 Å². The Morgan fingerprint density at radius 3 is 2.75 bits per heavy atom. The number of para-hydroxylation sites is 1. The maximum Gasteiger partial charge on any atom is 0.159 e. The van der Waals surface area contributed by atoms with Crippen molar-refractivity contribution < 1.29 is 14.2 Å². The molecule has 0 aromatic heterocycles. The summed E-state index contributed by atoms with van der Waals surface area (Å²) in [4.78, 5) is 2.51. The van der Waals surface area contributed by atoms with Gasteiger partial charge in [-0.25, -0.2) is 0 Å². The van der Waals surface area contributed by atoms with Gasteiger partial charge in [-0.3, -0.25) is 4.90 Å². The van der Waals surface area contributed by atoms with Crippen LogP contribution in [0.25, 0.3) is 0 Å². The predicted molar refractivity (Wildman–Crippen MR) is 76.8 cm³/mol. The first-order chi connectivity index (χ1) is 9.92. The second kappa shape index (κ2) is 7.07. The molecule has 0 aliphatic carbocycles. The summed E-state index contributed by atoms with van der Waals surface area (Å²) in [5.74, 6) is 0.960. The molecule has 1 unspecified atom stereocenters. The summed E-state index contributed by atoms with van der Waals surface area (Å²) in [6.07, 6.45) is 3.45. The van der Waals surface area contributed by atoms with E-state index in [1.807, 2.05) is 30.3 Å². The van der Waals surface area contributed by atoms with Crippen LogP contribution in [0, 0.1) is 0 Å². The van der Waals surface area contributed by atoms with E-state index in [-0.39, 0.29) is 6.29 Å². The van der Waals surface area contributed by atoms with Gasteiger partial charge in [0.15, 0.2) is 6.29 Å². The SMILES string of the molecule is c1ccc(OCC2CCCN2CCC2OCCO2)cc1. The van der Waals surface area contributed by atoms with Crippen molar-refractivity contribution in [3.8, 4) is 5.75 Å². The first kappa shape index (κ1) is 13.9. The molecule has 2 fully saturated rings. The Bertz CT molecular complexity index is 392. The van der Waals surface area contributed by atoms with E-state index in [9.17, 15) is 0 Å². The Balaban J connectivity index is 1.43. The maximum atomic E-state index is 5.89. The highest BCUT2D eigenvalue weighted by molar-refractivity contribution is 5.20. The minimum absolute atomic E-state index is 0.00583. The molecule has 0 N–H and O–H groups in total. The molecule has 2 aliphatic heterocycles. The molecule has 0 amide bonds. The summed E-state index contributed by atoms with van der Waals surface area (Å²) in [5, 5.41) is 0. The van der Waals surface area contributed by atoms with Gasteiger partial charge in [0.2, 0.25) is 0 Å². The van der Waals surface area contributed by atoms with Gasteiger partial charge in [0.1, 0.15) is 12.4 Å². The van der Waals surface area contributed by atoms with Crippen LogP contribution >= 0.6 is 0 Å². The van der Waals surface area contributed by atoms with E-state index >= 15 is 0 Å². The van der Waals surface area contributed by atoms with Gasteiger partial charge in [-0.1, -0.05) is 18.2 Å². The van der Waals surface area contributed by atoms with Crippen LogP contribution in [0.1, 0.15) is 19.3 Å². The number of hydrogen-bond donors (Lipinski definition) is 0. The third-order valence-corrected chi connectivity index (χ3v) is 4.03. The largest absolute Gasteiger partial charge is 0.492 e. The van der Waals surface area contributed by atoms with Crippen molar-refractivity contribution >= 4 is 0 Å². The highest BCUT2D eigenvalue weighted by atomic mass is 16.7. The summed E-state index contributed by atoms with van der Waals surface area (Å²) >= 11 is 0. The van der Waals surface area contributed by atoms with Crippen LogP contribution in [0.2, 0.25) is 0 Å². The van der Waals surface area contributed by atoms with Gasteiger partial charge in [-0.05, 0) is 31.5 Å². The summed E-state index contributed by atoms with van der Waals surface area (Å²) in [6.45, 7) is 4.45. The average molecular weight is 277 g/mol. The Morgan fingerprint density at radius 2 is 1.95 bits per heavy atom. The molecule has 1 aromatic carbocycles. The highest BCUT2D eigenvalue weighted by Gasteiger charge is 2.26. The van der Waals surface area contributed by atoms with Crippen LogP contribution in [-0.2, 0) is 9.47 Å². The topological polar surface area (TPSA) is 30.9 Å². The molecular formula is C16H23NO3. The minimum Gasteiger partial charge on any atom is -0.492 e. The fourth-order valence-corrected chi connectivity index (χ4v) is 2.93. The lowest BCUT2D eigenvalue weighted by molar-refractivity contribution is -0.0526. The van der Waals surface area contributed by atoms with E-state index in [2.05, 4.69) is 4.90 Å². The lowest BCUT2D eigenvalue weighted by atomic mass is 10.2. The van der Waals surface area contributed by atoms with Crippen LogP contribution in [-0.4, -0.2) is 50.1 Å². The second-order valence-electron chi connectivity index (χ2n) is 5.42. The number of hydrogen-bond acceptors (Lipinski definition) is 4. The van der Waals surface area contributed by atoms with Crippen molar-refractivity contribution in [1.29, 1.82) is 0 Å². The smallest absolute Gasteiger partial charge is 0.159 e. The van der Waals surface area contributed by atoms with Gasteiger partial charge in [-0.2, -0.15) is 0 Å². The van der Waals surface area contributed by atoms with E-state index in [0.29, 0.717) is 6.04 Å². The minimum atomic E-state index is 0.00583. The molecule has 0 bridgehead atoms. The molecule has 1 atom stereocenters. The van der Waals surface area contributed by atoms with Crippen LogP contribution in [0.4, 0.5) is 0 Å². The Morgan fingerprint density at radius 1 is 1.15 bits per heavy atom. The molecule has 110 valence electrons. The van der Waals surface area contributed by atoms with Gasteiger partial charge in [0, 0.05) is 19.0 Å². The summed E-state index contributed by atoms with van der Waals surface area (Å²) in [7, 11) is 0. The lowest BCUT2D eigenvalue weighted by Gasteiger charge is -2.25. The number of nitrogens with zero attached hydrogens (tertiary/aromatic N) is 1.